The van der Waals surface area contributed by atoms with Crippen LogP contribution in [0.4, 0.5) is 0 Å². The van der Waals surface area contributed by atoms with Gasteiger partial charge in [-0.25, -0.2) is 4.68 Å². The summed E-state index contributed by atoms with van der Waals surface area (Å²) in [5.41, 5.74) is 7.27. The summed E-state index contributed by atoms with van der Waals surface area (Å²) >= 11 is 0. The zero-order valence-electron chi connectivity index (χ0n) is 7.77. The minimum atomic E-state index is -0.434. The highest BCUT2D eigenvalue weighted by Crippen LogP contribution is 2.12. The summed E-state index contributed by atoms with van der Waals surface area (Å²) in [6.45, 7) is 2.68. The number of hydrogen-bond acceptors (Lipinski definition) is 3. The molecule has 0 aliphatic heterocycles. The summed E-state index contributed by atoms with van der Waals surface area (Å²) in [5, 5.41) is 7.88. The summed E-state index contributed by atoms with van der Waals surface area (Å²) in [7, 11) is 0. The van der Waals surface area contributed by atoms with Gasteiger partial charge in [-0.15, -0.1) is 5.10 Å². The molecule has 0 spiro atoms. The molecule has 14 heavy (non-hydrogen) atoms. The SMILES string of the molecule is CCn1nnc2ccc(C(N)=O)cc21. The first-order valence-electron chi connectivity index (χ1n) is 4.35. The van der Waals surface area contributed by atoms with Gasteiger partial charge in [0.25, 0.3) is 0 Å². The number of carbonyl (C=O) groups excluding carboxylic acids is 1. The number of aromatic nitrogens is 3. The van der Waals surface area contributed by atoms with Crippen LogP contribution in [0.3, 0.4) is 0 Å². The van der Waals surface area contributed by atoms with E-state index in [0.717, 1.165) is 17.6 Å². The van der Waals surface area contributed by atoms with E-state index in [9.17, 15) is 4.79 Å². The van der Waals surface area contributed by atoms with Crippen molar-refractivity contribution in [2.24, 2.45) is 5.73 Å². The van der Waals surface area contributed by atoms with Crippen LogP contribution < -0.4 is 5.73 Å². The molecule has 0 unspecified atom stereocenters. The molecule has 1 amide bonds. The molecule has 1 aromatic carbocycles. The van der Waals surface area contributed by atoms with Crippen LogP contribution in [0.1, 0.15) is 17.3 Å². The number of primary amides is 1. The predicted octanol–water partition coefficient (Wildman–Crippen LogP) is 0.550. The van der Waals surface area contributed by atoms with Crippen LogP contribution in [0.5, 0.6) is 0 Å². The Bertz CT molecular complexity index is 489. The van der Waals surface area contributed by atoms with Crippen LogP contribution in [0.2, 0.25) is 0 Å². The maximum atomic E-state index is 10.9. The quantitative estimate of drug-likeness (QED) is 0.751. The van der Waals surface area contributed by atoms with Crippen LogP contribution in [-0.4, -0.2) is 20.9 Å². The third kappa shape index (κ3) is 1.22. The zero-order valence-corrected chi connectivity index (χ0v) is 7.77. The maximum absolute atomic E-state index is 10.9. The smallest absolute Gasteiger partial charge is 0.248 e. The maximum Gasteiger partial charge on any atom is 0.248 e. The van der Waals surface area contributed by atoms with Crippen LogP contribution in [0.15, 0.2) is 18.2 Å². The molecule has 5 heteroatoms. The first-order valence-corrected chi connectivity index (χ1v) is 4.35. The average molecular weight is 190 g/mol. The van der Waals surface area contributed by atoms with Crippen molar-refractivity contribution in [1.29, 1.82) is 0 Å². The first kappa shape index (κ1) is 8.68. The van der Waals surface area contributed by atoms with Crippen molar-refractivity contribution in [3.05, 3.63) is 23.8 Å². The van der Waals surface area contributed by atoms with E-state index >= 15 is 0 Å². The summed E-state index contributed by atoms with van der Waals surface area (Å²) in [5.74, 6) is -0.434. The van der Waals surface area contributed by atoms with E-state index in [1.807, 2.05) is 6.92 Å². The van der Waals surface area contributed by atoms with Crippen LogP contribution in [0.25, 0.3) is 11.0 Å². The fraction of sp³-hybridized carbons (Fsp3) is 0.222. The predicted molar refractivity (Wildman–Crippen MR) is 51.7 cm³/mol. The summed E-state index contributed by atoms with van der Waals surface area (Å²) < 4.78 is 1.72. The van der Waals surface area contributed by atoms with Crippen molar-refractivity contribution < 1.29 is 4.79 Å². The van der Waals surface area contributed by atoms with E-state index in [1.165, 1.54) is 0 Å². The van der Waals surface area contributed by atoms with E-state index in [-0.39, 0.29) is 0 Å². The van der Waals surface area contributed by atoms with Crippen molar-refractivity contribution in [3.8, 4) is 0 Å². The van der Waals surface area contributed by atoms with Gasteiger partial charge in [0.2, 0.25) is 5.91 Å². The van der Waals surface area contributed by atoms with Gasteiger partial charge >= 0.3 is 0 Å². The lowest BCUT2D eigenvalue weighted by Crippen LogP contribution is -2.10. The molecule has 0 fully saturated rings. The van der Waals surface area contributed by atoms with Crippen molar-refractivity contribution in [2.75, 3.05) is 0 Å². The Hall–Kier alpha value is -1.91. The summed E-state index contributed by atoms with van der Waals surface area (Å²) in [6, 6.07) is 5.11. The Morgan fingerprint density at radius 3 is 3.00 bits per heavy atom. The Kier molecular flexibility index (Phi) is 1.92. The lowest BCUT2D eigenvalue weighted by atomic mass is 10.2. The highest BCUT2D eigenvalue weighted by atomic mass is 16.1. The standard InChI is InChI=1S/C9H10N4O/c1-2-13-8-5-6(9(10)14)3-4-7(8)11-12-13/h3-5H,2H2,1H3,(H2,10,14). The second-order valence-electron chi connectivity index (χ2n) is 2.97. The third-order valence-electron chi connectivity index (χ3n) is 2.10. The number of carbonyl (C=O) groups is 1. The molecule has 2 N–H and O–H groups in total. The van der Waals surface area contributed by atoms with E-state index in [0.29, 0.717) is 5.56 Å². The van der Waals surface area contributed by atoms with Crippen molar-refractivity contribution in [3.63, 3.8) is 0 Å². The number of nitrogens with zero attached hydrogens (tertiary/aromatic N) is 3. The number of rotatable bonds is 2. The second-order valence-corrected chi connectivity index (χ2v) is 2.97. The summed E-state index contributed by atoms with van der Waals surface area (Å²) in [4.78, 5) is 10.9. The van der Waals surface area contributed by atoms with Gasteiger partial charge in [0, 0.05) is 12.1 Å². The highest BCUT2D eigenvalue weighted by Gasteiger charge is 2.06. The Morgan fingerprint density at radius 1 is 1.57 bits per heavy atom. The number of hydrogen-bond donors (Lipinski definition) is 1. The van der Waals surface area contributed by atoms with Crippen molar-refractivity contribution in [1.82, 2.24) is 15.0 Å². The number of benzene rings is 1. The molecule has 2 rings (SSSR count). The Labute approximate surface area is 80.5 Å². The molecule has 1 heterocycles. The molecular weight excluding hydrogens is 180 g/mol. The molecule has 0 saturated carbocycles. The molecule has 72 valence electrons. The number of nitrogens with two attached hydrogens (primary N) is 1. The molecule has 1 aromatic heterocycles. The largest absolute Gasteiger partial charge is 0.366 e. The molecule has 5 nitrogen and oxygen atoms in total. The van der Waals surface area contributed by atoms with Crippen LogP contribution in [-0.2, 0) is 6.54 Å². The van der Waals surface area contributed by atoms with Crippen LogP contribution in [0, 0.1) is 0 Å². The lowest BCUT2D eigenvalue weighted by Gasteiger charge is -1.97. The molecular formula is C9H10N4O. The van der Waals surface area contributed by atoms with E-state index < -0.39 is 5.91 Å². The average Bonchev–Trinajstić information content (AvgIpc) is 2.59. The second kappa shape index (κ2) is 3.10. The van der Waals surface area contributed by atoms with Crippen molar-refractivity contribution >= 4 is 16.9 Å². The Morgan fingerprint density at radius 2 is 2.36 bits per heavy atom. The van der Waals surface area contributed by atoms with E-state index in [2.05, 4.69) is 10.3 Å². The van der Waals surface area contributed by atoms with Gasteiger partial charge in [0.05, 0.1) is 5.52 Å². The zero-order chi connectivity index (χ0) is 10.1. The normalized spacial score (nSPS) is 10.6. The van der Waals surface area contributed by atoms with Crippen LogP contribution >= 0.6 is 0 Å². The lowest BCUT2D eigenvalue weighted by molar-refractivity contribution is 0.100. The van der Waals surface area contributed by atoms with Crippen molar-refractivity contribution in [2.45, 2.75) is 13.5 Å². The van der Waals surface area contributed by atoms with E-state index in [1.54, 1.807) is 22.9 Å². The number of aryl methyl sites for hydroxylation is 1. The third-order valence-corrected chi connectivity index (χ3v) is 2.10. The van der Waals surface area contributed by atoms with Gasteiger partial charge in [-0.3, -0.25) is 4.79 Å². The first-order chi connectivity index (χ1) is 6.72. The summed E-state index contributed by atoms with van der Waals surface area (Å²) in [6.07, 6.45) is 0. The molecule has 0 radical (unpaired) electrons. The van der Waals surface area contributed by atoms with Gasteiger partial charge in [-0.05, 0) is 25.1 Å². The van der Waals surface area contributed by atoms with Gasteiger partial charge in [0.15, 0.2) is 0 Å². The molecule has 0 atom stereocenters. The van der Waals surface area contributed by atoms with Gasteiger partial charge in [0.1, 0.15) is 5.52 Å². The van der Waals surface area contributed by atoms with Gasteiger partial charge in [-0.1, -0.05) is 5.21 Å². The molecule has 0 saturated heterocycles. The molecule has 0 aliphatic carbocycles. The highest BCUT2D eigenvalue weighted by molar-refractivity contribution is 5.96. The topological polar surface area (TPSA) is 73.8 Å². The molecule has 0 bridgehead atoms. The van der Waals surface area contributed by atoms with E-state index in [4.69, 9.17) is 5.73 Å². The monoisotopic (exact) mass is 190 g/mol. The fourth-order valence-electron chi connectivity index (χ4n) is 1.35. The molecule has 0 aliphatic rings. The minimum absolute atomic E-state index is 0.434. The van der Waals surface area contributed by atoms with Gasteiger partial charge < -0.3 is 5.73 Å². The van der Waals surface area contributed by atoms with Gasteiger partial charge in [-0.2, -0.15) is 0 Å². The minimum Gasteiger partial charge on any atom is -0.366 e. The number of fused-ring (bicyclic) bond motifs is 1. The molecule has 2 aromatic rings. The Balaban J connectivity index is 2.67. The fourth-order valence-corrected chi connectivity index (χ4v) is 1.35. The number of amides is 1.